The van der Waals surface area contributed by atoms with Gasteiger partial charge in [0.15, 0.2) is 0 Å². The highest BCUT2D eigenvalue weighted by atomic mass is 32.2. The van der Waals surface area contributed by atoms with Crippen molar-refractivity contribution in [2.75, 3.05) is 51.3 Å². The topological polar surface area (TPSA) is 61.9 Å². The Hall–Kier alpha value is -2.71. The first-order valence-electron chi connectivity index (χ1n) is 15.2. The molecule has 1 aliphatic rings. The van der Waals surface area contributed by atoms with E-state index in [1.54, 1.807) is 16.4 Å². The molecule has 1 aliphatic heterocycles. The molecule has 0 amide bonds. The molecule has 7 heteroatoms. The zero-order valence-corrected chi connectivity index (χ0v) is 25.6. The Bertz CT molecular complexity index is 1280. The number of hydrogen-bond acceptors (Lipinski definition) is 5. The van der Waals surface area contributed by atoms with Gasteiger partial charge in [-0.05, 0) is 62.1 Å². The van der Waals surface area contributed by atoms with Crippen molar-refractivity contribution in [2.45, 2.75) is 63.3 Å². The van der Waals surface area contributed by atoms with Gasteiger partial charge in [-0.25, -0.2) is 8.42 Å². The maximum Gasteiger partial charge on any atom is 0.243 e. The van der Waals surface area contributed by atoms with Crippen LogP contribution in [0.1, 0.15) is 55.7 Å². The van der Waals surface area contributed by atoms with E-state index in [9.17, 15) is 8.42 Å². The first kappa shape index (κ1) is 31.2. The molecule has 0 spiro atoms. The molecule has 222 valence electrons. The third-order valence-corrected chi connectivity index (χ3v) is 9.67. The Labute approximate surface area is 247 Å². The lowest BCUT2D eigenvalue weighted by Crippen LogP contribution is -2.42. The highest BCUT2D eigenvalue weighted by Gasteiger charge is 2.27. The molecular formula is C34H47N3O3S. The number of rotatable bonds is 15. The number of aryl methyl sites for hydroxylation is 1. The molecule has 1 atom stereocenters. The lowest BCUT2D eigenvalue weighted by atomic mass is 10.0. The lowest BCUT2D eigenvalue weighted by Gasteiger charge is -2.28. The van der Waals surface area contributed by atoms with Gasteiger partial charge in [0, 0.05) is 38.5 Å². The third-order valence-electron chi connectivity index (χ3n) is 7.76. The van der Waals surface area contributed by atoms with Gasteiger partial charge in [0.25, 0.3) is 0 Å². The molecule has 3 aromatic carbocycles. The Kier molecular flexibility index (Phi) is 12.2. The molecule has 4 rings (SSSR count). The molecule has 1 unspecified atom stereocenters. The average molecular weight is 578 g/mol. The van der Waals surface area contributed by atoms with Crippen LogP contribution in [0.15, 0.2) is 83.8 Å². The minimum absolute atomic E-state index is 0.0957. The van der Waals surface area contributed by atoms with Gasteiger partial charge in [0.2, 0.25) is 10.0 Å². The summed E-state index contributed by atoms with van der Waals surface area (Å²) in [6.45, 7) is 8.98. The van der Waals surface area contributed by atoms with Gasteiger partial charge >= 0.3 is 0 Å². The number of hydrogen-bond donors (Lipinski definition) is 1. The van der Waals surface area contributed by atoms with Crippen molar-refractivity contribution in [3.63, 3.8) is 0 Å². The van der Waals surface area contributed by atoms with E-state index in [2.05, 4.69) is 71.7 Å². The van der Waals surface area contributed by atoms with Crippen LogP contribution in [0.4, 0.5) is 5.69 Å². The van der Waals surface area contributed by atoms with Crippen molar-refractivity contribution in [1.82, 2.24) is 9.21 Å². The first-order valence-corrected chi connectivity index (χ1v) is 16.6. The van der Waals surface area contributed by atoms with Crippen LogP contribution in [0.2, 0.25) is 0 Å². The maximum atomic E-state index is 13.3. The second-order valence-electron chi connectivity index (χ2n) is 11.2. The van der Waals surface area contributed by atoms with Crippen molar-refractivity contribution < 1.29 is 13.2 Å². The molecule has 0 aliphatic carbocycles. The summed E-state index contributed by atoms with van der Waals surface area (Å²) in [5, 5.41) is 3.81. The smallest absolute Gasteiger partial charge is 0.243 e. The molecule has 3 aromatic rings. The van der Waals surface area contributed by atoms with Crippen LogP contribution in [0, 0.1) is 6.92 Å². The maximum absolute atomic E-state index is 13.3. The van der Waals surface area contributed by atoms with Crippen LogP contribution in [-0.2, 0) is 21.2 Å². The van der Waals surface area contributed by atoms with E-state index in [1.807, 2.05) is 19.1 Å². The van der Waals surface area contributed by atoms with E-state index in [0.29, 0.717) is 31.1 Å². The number of nitrogens with one attached hydrogen (secondary N) is 1. The average Bonchev–Trinajstić information content (AvgIpc) is 3.23. The molecule has 1 heterocycles. The monoisotopic (exact) mass is 577 g/mol. The summed E-state index contributed by atoms with van der Waals surface area (Å²) in [4.78, 5) is 2.77. The van der Waals surface area contributed by atoms with E-state index >= 15 is 0 Å². The van der Waals surface area contributed by atoms with Crippen molar-refractivity contribution in [1.29, 1.82) is 0 Å². The fourth-order valence-electron chi connectivity index (χ4n) is 5.39. The van der Waals surface area contributed by atoms with Gasteiger partial charge in [-0.15, -0.1) is 0 Å². The molecule has 0 bridgehead atoms. The van der Waals surface area contributed by atoms with E-state index in [-0.39, 0.29) is 6.04 Å². The second-order valence-corrected chi connectivity index (χ2v) is 13.1. The summed E-state index contributed by atoms with van der Waals surface area (Å²) in [6.07, 6.45) is 6.42. The number of unbranched alkanes of at least 4 members (excludes halogenated alkanes) is 3. The van der Waals surface area contributed by atoms with Crippen molar-refractivity contribution in [3.8, 4) is 0 Å². The number of ether oxygens (including phenoxy) is 1. The van der Waals surface area contributed by atoms with Gasteiger partial charge in [-0.2, -0.15) is 4.31 Å². The number of para-hydroxylation sites is 1. The number of sulfonamides is 1. The zero-order chi connectivity index (χ0) is 28.9. The summed E-state index contributed by atoms with van der Waals surface area (Å²) in [6, 6.07) is 26.4. The molecular weight excluding hydrogens is 530 g/mol. The largest absolute Gasteiger partial charge is 0.379 e. The Morgan fingerprint density at radius 1 is 0.854 bits per heavy atom. The summed E-state index contributed by atoms with van der Waals surface area (Å²) < 4.78 is 34.5. The summed E-state index contributed by atoms with van der Waals surface area (Å²) in [5.74, 6) is 0. The SMILES string of the molecule is CCCCCCOCC(CN1CCCN(S(=O)(=O)c2ccc(C)cc2)CC1)Nc1ccccc1Cc1ccccc1. The van der Waals surface area contributed by atoms with Crippen molar-refractivity contribution >= 4 is 15.7 Å². The van der Waals surface area contributed by atoms with Crippen molar-refractivity contribution in [2.24, 2.45) is 0 Å². The van der Waals surface area contributed by atoms with Crippen LogP contribution >= 0.6 is 0 Å². The molecule has 0 aromatic heterocycles. The summed E-state index contributed by atoms with van der Waals surface area (Å²) in [7, 11) is -3.50. The number of nitrogens with zero attached hydrogens (tertiary/aromatic N) is 2. The van der Waals surface area contributed by atoms with Gasteiger partial charge in [0.05, 0.1) is 17.5 Å². The molecule has 1 fully saturated rings. The quantitative estimate of drug-likeness (QED) is 0.213. The zero-order valence-electron chi connectivity index (χ0n) is 24.8. The predicted octanol–water partition coefficient (Wildman–Crippen LogP) is 6.36. The highest BCUT2D eigenvalue weighted by Crippen LogP contribution is 2.22. The number of benzene rings is 3. The summed E-state index contributed by atoms with van der Waals surface area (Å²) in [5.41, 5.74) is 4.74. The molecule has 0 radical (unpaired) electrons. The van der Waals surface area contributed by atoms with Crippen LogP contribution in [0.25, 0.3) is 0 Å². The van der Waals surface area contributed by atoms with Crippen LogP contribution < -0.4 is 5.32 Å². The van der Waals surface area contributed by atoms with Gasteiger partial charge < -0.3 is 10.1 Å². The molecule has 0 saturated carbocycles. The van der Waals surface area contributed by atoms with Crippen LogP contribution in [0.3, 0.4) is 0 Å². The van der Waals surface area contributed by atoms with Gasteiger partial charge in [-0.1, -0.05) is 92.4 Å². The lowest BCUT2D eigenvalue weighted by molar-refractivity contribution is 0.109. The second kappa shape index (κ2) is 16.1. The van der Waals surface area contributed by atoms with Gasteiger partial charge in [0.1, 0.15) is 0 Å². The van der Waals surface area contributed by atoms with E-state index in [4.69, 9.17) is 4.74 Å². The fourth-order valence-corrected chi connectivity index (χ4v) is 6.86. The number of anilines is 1. The molecule has 41 heavy (non-hydrogen) atoms. The fraction of sp³-hybridized carbons (Fsp3) is 0.471. The predicted molar refractivity (Wildman–Crippen MR) is 169 cm³/mol. The first-order chi connectivity index (χ1) is 20.0. The minimum Gasteiger partial charge on any atom is -0.379 e. The van der Waals surface area contributed by atoms with E-state index in [0.717, 1.165) is 50.2 Å². The van der Waals surface area contributed by atoms with Gasteiger partial charge in [-0.3, -0.25) is 4.90 Å². The van der Waals surface area contributed by atoms with E-state index < -0.39 is 10.0 Å². The summed E-state index contributed by atoms with van der Waals surface area (Å²) >= 11 is 0. The third kappa shape index (κ3) is 9.67. The van der Waals surface area contributed by atoms with Crippen molar-refractivity contribution in [3.05, 3.63) is 95.6 Å². The van der Waals surface area contributed by atoms with E-state index in [1.165, 1.54) is 30.4 Å². The molecule has 1 saturated heterocycles. The Balaban J connectivity index is 1.41. The molecule has 1 N–H and O–H groups in total. The molecule has 6 nitrogen and oxygen atoms in total. The normalized spacial score (nSPS) is 15.9. The van der Waals surface area contributed by atoms with Crippen LogP contribution in [-0.4, -0.2) is 69.6 Å². The standard InChI is InChI=1S/C34H47N3O3S/c1-3-4-5-11-25-40-28-32(35-34-16-10-9-15-31(34)26-30-13-7-6-8-14-30)27-36-21-12-22-37(24-23-36)41(38,39)33-19-17-29(2)18-20-33/h6-10,13-20,32,35H,3-5,11-12,21-28H2,1-2H3. The van der Waals surface area contributed by atoms with Crippen LogP contribution in [0.5, 0.6) is 0 Å². The highest BCUT2D eigenvalue weighted by molar-refractivity contribution is 7.89. The Morgan fingerprint density at radius 3 is 2.39 bits per heavy atom. The minimum atomic E-state index is -3.50. The Morgan fingerprint density at radius 2 is 1.61 bits per heavy atom.